The molecule has 1 aromatic carbocycles. The molecule has 0 atom stereocenters. The smallest absolute Gasteiger partial charge is 0.327 e. The molecule has 1 saturated heterocycles. The Morgan fingerprint density at radius 3 is 2.42 bits per heavy atom. The molecule has 0 saturated carbocycles. The summed E-state index contributed by atoms with van der Waals surface area (Å²) in [4.78, 5) is 27.7. The van der Waals surface area contributed by atoms with E-state index in [1.807, 2.05) is 24.3 Å². The maximum absolute atomic E-state index is 11.9. The Morgan fingerprint density at radius 1 is 1.04 bits per heavy atom. The first-order valence-electron chi connectivity index (χ1n) is 8.40. The fourth-order valence-electron chi connectivity index (χ4n) is 2.97. The van der Waals surface area contributed by atoms with Crippen molar-refractivity contribution in [1.82, 2.24) is 9.78 Å². The van der Waals surface area contributed by atoms with Gasteiger partial charge in [-0.15, -0.1) is 0 Å². The van der Waals surface area contributed by atoms with Crippen LogP contribution >= 0.6 is 0 Å². The number of piperazine rings is 1. The van der Waals surface area contributed by atoms with Crippen LogP contribution in [0.1, 0.15) is 0 Å². The van der Waals surface area contributed by atoms with Gasteiger partial charge in [0.2, 0.25) is 0 Å². The summed E-state index contributed by atoms with van der Waals surface area (Å²) in [6.07, 6.45) is 0. The molecule has 1 aliphatic heterocycles. The quantitative estimate of drug-likeness (QED) is 0.730. The molecule has 1 fully saturated rings. The fraction of sp³-hybridized carbons (Fsp3) is 0.389. The van der Waals surface area contributed by atoms with E-state index in [1.165, 1.54) is 13.2 Å². The molecule has 138 valence electrons. The van der Waals surface area contributed by atoms with Crippen molar-refractivity contribution in [1.29, 1.82) is 0 Å². The van der Waals surface area contributed by atoms with Gasteiger partial charge in [-0.25, -0.2) is 4.68 Å². The van der Waals surface area contributed by atoms with Crippen molar-refractivity contribution in [2.75, 3.05) is 50.2 Å². The Balaban J connectivity index is 1.71. The monoisotopic (exact) mass is 358 g/mol. The number of carbonyl (C=O) groups excluding carboxylic acids is 1. The molecule has 0 radical (unpaired) electrons. The lowest BCUT2D eigenvalue weighted by Crippen LogP contribution is -2.47. The third kappa shape index (κ3) is 3.79. The minimum absolute atomic E-state index is 0.190. The Bertz CT molecular complexity index is 828. The standard InChI is InChI=1S/C18H22N4O4/c1-25-15-6-4-3-5-14(15)20-9-11-21(12-10-20)16-7-8-17(23)22(19-16)13-18(24)26-2/h3-8H,9-13H2,1-2H3. The molecule has 8 heteroatoms. The van der Waals surface area contributed by atoms with Gasteiger partial charge in [0, 0.05) is 32.2 Å². The predicted molar refractivity (Wildman–Crippen MR) is 97.9 cm³/mol. The second-order valence-corrected chi connectivity index (χ2v) is 5.91. The van der Waals surface area contributed by atoms with Crippen LogP contribution < -0.4 is 20.1 Å². The van der Waals surface area contributed by atoms with Crippen molar-refractivity contribution in [3.05, 3.63) is 46.8 Å². The lowest BCUT2D eigenvalue weighted by Gasteiger charge is -2.37. The second kappa shape index (κ2) is 7.90. The van der Waals surface area contributed by atoms with Gasteiger partial charge >= 0.3 is 5.97 Å². The average molecular weight is 358 g/mol. The molecule has 0 N–H and O–H groups in total. The van der Waals surface area contributed by atoms with E-state index in [0.717, 1.165) is 42.3 Å². The Hall–Kier alpha value is -3.03. The zero-order valence-electron chi connectivity index (χ0n) is 14.9. The molecule has 0 aliphatic carbocycles. The molecule has 1 aromatic heterocycles. The first kappa shape index (κ1) is 17.8. The predicted octanol–water partition coefficient (Wildman–Crippen LogP) is 0.751. The average Bonchev–Trinajstić information content (AvgIpc) is 2.69. The molecule has 0 amide bonds. The molecule has 1 aliphatic rings. The second-order valence-electron chi connectivity index (χ2n) is 5.91. The van der Waals surface area contributed by atoms with Crippen molar-refractivity contribution in [3.8, 4) is 5.75 Å². The van der Waals surface area contributed by atoms with Crippen LogP contribution in [0.5, 0.6) is 5.75 Å². The number of aromatic nitrogens is 2. The maximum Gasteiger partial charge on any atom is 0.327 e. The highest BCUT2D eigenvalue weighted by Gasteiger charge is 2.21. The summed E-state index contributed by atoms with van der Waals surface area (Å²) in [5.41, 5.74) is 0.741. The first-order chi connectivity index (χ1) is 12.6. The van der Waals surface area contributed by atoms with E-state index in [-0.39, 0.29) is 12.1 Å². The van der Waals surface area contributed by atoms with Crippen LogP contribution in [0.15, 0.2) is 41.2 Å². The van der Waals surface area contributed by atoms with Crippen LogP contribution in [0.2, 0.25) is 0 Å². The summed E-state index contributed by atoms with van der Waals surface area (Å²) >= 11 is 0. The molecule has 0 unspecified atom stereocenters. The minimum Gasteiger partial charge on any atom is -0.495 e. The van der Waals surface area contributed by atoms with Gasteiger partial charge in [-0.2, -0.15) is 5.10 Å². The van der Waals surface area contributed by atoms with Gasteiger partial charge in [0.1, 0.15) is 18.1 Å². The number of carbonyl (C=O) groups is 1. The van der Waals surface area contributed by atoms with Gasteiger partial charge in [-0.05, 0) is 18.2 Å². The summed E-state index contributed by atoms with van der Waals surface area (Å²) in [6, 6.07) is 11.1. The van der Waals surface area contributed by atoms with E-state index in [9.17, 15) is 9.59 Å². The largest absolute Gasteiger partial charge is 0.495 e. The van der Waals surface area contributed by atoms with E-state index in [2.05, 4.69) is 19.6 Å². The number of benzene rings is 1. The first-order valence-corrected chi connectivity index (χ1v) is 8.40. The summed E-state index contributed by atoms with van der Waals surface area (Å²) in [7, 11) is 2.96. The third-order valence-electron chi connectivity index (χ3n) is 4.39. The van der Waals surface area contributed by atoms with Gasteiger partial charge in [0.25, 0.3) is 5.56 Å². The third-order valence-corrected chi connectivity index (χ3v) is 4.39. The number of esters is 1. The Labute approximate surface area is 151 Å². The summed E-state index contributed by atoms with van der Waals surface area (Å²) in [5.74, 6) is 1.02. The van der Waals surface area contributed by atoms with Crippen molar-refractivity contribution in [2.45, 2.75) is 6.54 Å². The van der Waals surface area contributed by atoms with Crippen molar-refractivity contribution in [3.63, 3.8) is 0 Å². The number of hydrogen-bond acceptors (Lipinski definition) is 7. The highest BCUT2D eigenvalue weighted by molar-refractivity contribution is 5.68. The molecule has 2 heterocycles. The normalized spacial score (nSPS) is 14.2. The van der Waals surface area contributed by atoms with E-state index >= 15 is 0 Å². The van der Waals surface area contributed by atoms with Crippen LogP contribution in [0.3, 0.4) is 0 Å². The molecule has 0 spiro atoms. The lowest BCUT2D eigenvalue weighted by molar-refractivity contribution is -0.141. The maximum atomic E-state index is 11.9. The number of nitrogens with zero attached hydrogens (tertiary/aromatic N) is 4. The summed E-state index contributed by atoms with van der Waals surface area (Å²) < 4.78 is 11.2. The molecule has 0 bridgehead atoms. The van der Waals surface area contributed by atoms with E-state index in [1.54, 1.807) is 13.2 Å². The highest BCUT2D eigenvalue weighted by Crippen LogP contribution is 2.28. The van der Waals surface area contributed by atoms with Crippen molar-refractivity contribution >= 4 is 17.5 Å². The number of methoxy groups -OCH3 is 2. The minimum atomic E-state index is -0.502. The highest BCUT2D eigenvalue weighted by atomic mass is 16.5. The molecule has 26 heavy (non-hydrogen) atoms. The Morgan fingerprint density at radius 2 is 1.73 bits per heavy atom. The van der Waals surface area contributed by atoms with E-state index < -0.39 is 5.97 Å². The molecular formula is C18H22N4O4. The molecule has 2 aromatic rings. The molecule has 8 nitrogen and oxygen atoms in total. The number of hydrogen-bond donors (Lipinski definition) is 0. The number of anilines is 2. The van der Waals surface area contributed by atoms with Crippen LogP contribution in [-0.2, 0) is 16.1 Å². The topological polar surface area (TPSA) is 76.9 Å². The fourth-order valence-corrected chi connectivity index (χ4v) is 2.97. The number of rotatable bonds is 5. The van der Waals surface area contributed by atoms with E-state index in [4.69, 9.17) is 4.74 Å². The Kier molecular flexibility index (Phi) is 5.40. The van der Waals surface area contributed by atoms with E-state index in [0.29, 0.717) is 5.82 Å². The summed E-state index contributed by atoms with van der Waals surface area (Å²) in [6.45, 7) is 2.92. The SMILES string of the molecule is COC(=O)Cn1nc(N2CCN(c3ccccc3OC)CC2)ccc1=O. The van der Waals surface area contributed by atoms with Crippen molar-refractivity contribution < 1.29 is 14.3 Å². The lowest BCUT2D eigenvalue weighted by atomic mass is 10.2. The molecule has 3 rings (SSSR count). The van der Waals surface area contributed by atoms with Gasteiger partial charge in [0.05, 0.1) is 19.9 Å². The van der Waals surface area contributed by atoms with Crippen LogP contribution in [0.25, 0.3) is 0 Å². The van der Waals surface area contributed by atoms with Crippen LogP contribution in [0.4, 0.5) is 11.5 Å². The van der Waals surface area contributed by atoms with Gasteiger partial charge in [-0.3, -0.25) is 9.59 Å². The zero-order valence-corrected chi connectivity index (χ0v) is 14.9. The van der Waals surface area contributed by atoms with Crippen LogP contribution in [0, 0.1) is 0 Å². The van der Waals surface area contributed by atoms with Crippen molar-refractivity contribution in [2.24, 2.45) is 0 Å². The molecular weight excluding hydrogens is 336 g/mol. The summed E-state index contributed by atoms with van der Waals surface area (Å²) in [5, 5.41) is 4.30. The zero-order chi connectivity index (χ0) is 18.5. The van der Waals surface area contributed by atoms with Gasteiger partial charge in [-0.1, -0.05) is 12.1 Å². The van der Waals surface area contributed by atoms with Gasteiger partial charge in [0.15, 0.2) is 0 Å². The number of para-hydroxylation sites is 2. The number of ether oxygens (including phenoxy) is 2. The van der Waals surface area contributed by atoms with Gasteiger partial charge < -0.3 is 19.3 Å². The van der Waals surface area contributed by atoms with Crippen LogP contribution in [-0.4, -0.2) is 56.1 Å².